The standard InChI is InChI=1S/C25H25ClFN3O2/c26-15-23(31)30(21-12-10-19(27)11-13-21)24(25(32)29-20-7-2-1-3-8-20)18-14-17-6-4-5-9-22(17)28-16-18/h4-6,9-14,16,20,24H,1-3,7-8,15H2,(H,29,32). The number of carbonyl (C=O) groups is 2. The summed E-state index contributed by atoms with van der Waals surface area (Å²) in [6.45, 7) is 0. The van der Waals surface area contributed by atoms with E-state index in [0.717, 1.165) is 43.0 Å². The number of aromatic nitrogens is 1. The predicted molar refractivity (Wildman–Crippen MR) is 124 cm³/mol. The molecule has 1 heterocycles. The molecule has 5 nitrogen and oxygen atoms in total. The fourth-order valence-corrected chi connectivity index (χ4v) is 4.41. The van der Waals surface area contributed by atoms with Gasteiger partial charge in [-0.3, -0.25) is 19.5 Å². The van der Waals surface area contributed by atoms with Crippen LogP contribution in [0.5, 0.6) is 0 Å². The van der Waals surface area contributed by atoms with Crippen molar-refractivity contribution in [3.05, 3.63) is 72.2 Å². The quantitative estimate of drug-likeness (QED) is 0.526. The molecule has 4 rings (SSSR count). The molecule has 0 saturated heterocycles. The second kappa shape index (κ2) is 10.1. The second-order valence-corrected chi connectivity index (χ2v) is 8.35. The van der Waals surface area contributed by atoms with Crippen LogP contribution >= 0.6 is 11.6 Å². The van der Waals surface area contributed by atoms with E-state index in [9.17, 15) is 14.0 Å². The van der Waals surface area contributed by atoms with Gasteiger partial charge in [-0.1, -0.05) is 37.5 Å². The predicted octanol–water partition coefficient (Wildman–Crippen LogP) is 5.14. The van der Waals surface area contributed by atoms with Gasteiger partial charge in [0.15, 0.2) is 0 Å². The first-order chi connectivity index (χ1) is 15.6. The third-order valence-corrected chi connectivity index (χ3v) is 6.10. The van der Waals surface area contributed by atoms with Gasteiger partial charge in [0.1, 0.15) is 17.7 Å². The van der Waals surface area contributed by atoms with Crippen LogP contribution in [0.25, 0.3) is 10.9 Å². The molecule has 32 heavy (non-hydrogen) atoms. The summed E-state index contributed by atoms with van der Waals surface area (Å²) in [7, 11) is 0. The molecule has 1 unspecified atom stereocenters. The van der Waals surface area contributed by atoms with Crippen LogP contribution in [-0.4, -0.2) is 28.7 Å². The average molecular weight is 454 g/mol. The summed E-state index contributed by atoms with van der Waals surface area (Å²) in [4.78, 5) is 32.4. The van der Waals surface area contributed by atoms with E-state index in [1.807, 2.05) is 30.3 Å². The van der Waals surface area contributed by atoms with Gasteiger partial charge in [0.25, 0.3) is 0 Å². The first kappa shape index (κ1) is 22.2. The van der Waals surface area contributed by atoms with E-state index in [1.165, 1.54) is 29.2 Å². The number of rotatable bonds is 6. The molecular formula is C25H25ClFN3O2. The third kappa shape index (κ3) is 4.91. The minimum Gasteiger partial charge on any atom is -0.351 e. The molecule has 0 bridgehead atoms. The number of carbonyl (C=O) groups excluding carboxylic acids is 2. The Morgan fingerprint density at radius 2 is 1.81 bits per heavy atom. The molecule has 0 aliphatic heterocycles. The smallest absolute Gasteiger partial charge is 0.248 e. The maximum atomic E-state index is 13.6. The largest absolute Gasteiger partial charge is 0.351 e. The second-order valence-electron chi connectivity index (χ2n) is 8.08. The van der Waals surface area contributed by atoms with Crippen molar-refractivity contribution in [1.82, 2.24) is 10.3 Å². The fourth-order valence-electron chi connectivity index (χ4n) is 4.29. The summed E-state index contributed by atoms with van der Waals surface area (Å²) in [6, 6.07) is 14.0. The Bertz CT molecular complexity index is 1100. The van der Waals surface area contributed by atoms with Crippen LogP contribution in [0.4, 0.5) is 10.1 Å². The minimum atomic E-state index is -0.981. The molecule has 0 spiro atoms. The zero-order chi connectivity index (χ0) is 22.5. The number of nitrogens with zero attached hydrogens (tertiary/aromatic N) is 2. The number of hydrogen-bond acceptors (Lipinski definition) is 3. The Balaban J connectivity index is 1.78. The molecule has 1 aliphatic carbocycles. The van der Waals surface area contributed by atoms with Gasteiger partial charge in [-0.05, 0) is 49.2 Å². The van der Waals surface area contributed by atoms with Crippen LogP contribution in [0.3, 0.4) is 0 Å². The van der Waals surface area contributed by atoms with Gasteiger partial charge >= 0.3 is 0 Å². The molecular weight excluding hydrogens is 429 g/mol. The number of anilines is 1. The van der Waals surface area contributed by atoms with Gasteiger partial charge in [-0.25, -0.2) is 4.39 Å². The highest BCUT2D eigenvalue weighted by molar-refractivity contribution is 6.29. The van der Waals surface area contributed by atoms with Crippen LogP contribution in [-0.2, 0) is 9.59 Å². The highest BCUT2D eigenvalue weighted by Crippen LogP contribution is 2.30. The van der Waals surface area contributed by atoms with Gasteiger partial charge < -0.3 is 5.32 Å². The highest BCUT2D eigenvalue weighted by Gasteiger charge is 2.34. The summed E-state index contributed by atoms with van der Waals surface area (Å²) < 4.78 is 13.6. The van der Waals surface area contributed by atoms with E-state index in [0.29, 0.717) is 11.3 Å². The molecule has 7 heteroatoms. The summed E-state index contributed by atoms with van der Waals surface area (Å²) in [5.41, 5.74) is 1.76. The fraction of sp³-hybridized carbons (Fsp3) is 0.320. The number of benzene rings is 2. The molecule has 2 aromatic carbocycles. The summed E-state index contributed by atoms with van der Waals surface area (Å²) in [5.74, 6) is -1.49. The summed E-state index contributed by atoms with van der Waals surface area (Å²) in [5, 5.41) is 3.99. The van der Waals surface area contributed by atoms with Crippen molar-refractivity contribution in [2.24, 2.45) is 0 Å². The lowest BCUT2D eigenvalue weighted by molar-refractivity contribution is -0.126. The number of para-hydroxylation sites is 1. The van der Waals surface area contributed by atoms with E-state index in [4.69, 9.17) is 11.6 Å². The van der Waals surface area contributed by atoms with E-state index >= 15 is 0 Å². The molecule has 2 amide bonds. The Kier molecular flexibility index (Phi) is 7.00. The zero-order valence-corrected chi connectivity index (χ0v) is 18.4. The number of fused-ring (bicyclic) bond motifs is 1. The van der Waals surface area contributed by atoms with Gasteiger partial charge in [0.2, 0.25) is 11.8 Å². The molecule has 1 fully saturated rings. The van der Waals surface area contributed by atoms with E-state index in [2.05, 4.69) is 10.3 Å². The van der Waals surface area contributed by atoms with Gasteiger partial charge in [0, 0.05) is 28.9 Å². The lowest BCUT2D eigenvalue weighted by Crippen LogP contribution is -2.47. The number of amides is 2. The van der Waals surface area contributed by atoms with Crippen LogP contribution in [0, 0.1) is 5.82 Å². The van der Waals surface area contributed by atoms with Crippen LogP contribution in [0.1, 0.15) is 43.7 Å². The minimum absolute atomic E-state index is 0.0633. The van der Waals surface area contributed by atoms with E-state index < -0.39 is 17.8 Å². The van der Waals surface area contributed by atoms with Crippen LogP contribution in [0.2, 0.25) is 0 Å². The van der Waals surface area contributed by atoms with Crippen molar-refractivity contribution in [3.63, 3.8) is 0 Å². The van der Waals surface area contributed by atoms with E-state index in [-0.39, 0.29) is 17.8 Å². The molecule has 0 radical (unpaired) electrons. The van der Waals surface area contributed by atoms with Gasteiger partial charge in [-0.15, -0.1) is 11.6 Å². The topological polar surface area (TPSA) is 62.3 Å². The number of pyridine rings is 1. The molecule has 166 valence electrons. The molecule has 1 aromatic heterocycles. The Morgan fingerprint density at radius 3 is 2.53 bits per heavy atom. The molecule has 1 aliphatic rings. The third-order valence-electron chi connectivity index (χ3n) is 5.87. The highest BCUT2D eigenvalue weighted by atomic mass is 35.5. The normalized spacial score (nSPS) is 15.3. The number of alkyl halides is 1. The molecule has 1 saturated carbocycles. The lowest BCUT2D eigenvalue weighted by atomic mass is 9.94. The molecule has 3 aromatic rings. The van der Waals surface area contributed by atoms with Crippen molar-refractivity contribution >= 4 is 40.0 Å². The SMILES string of the molecule is O=C(NC1CCCCC1)C(c1cnc2ccccc2c1)N(C(=O)CCl)c1ccc(F)cc1. The number of hydrogen-bond donors (Lipinski definition) is 1. The monoisotopic (exact) mass is 453 g/mol. The summed E-state index contributed by atoms with van der Waals surface area (Å²) in [6.07, 6.45) is 6.73. The maximum Gasteiger partial charge on any atom is 0.248 e. The van der Waals surface area contributed by atoms with E-state index in [1.54, 1.807) is 6.20 Å². The first-order valence-corrected chi connectivity index (χ1v) is 11.4. The maximum absolute atomic E-state index is 13.6. The van der Waals surface area contributed by atoms with Gasteiger partial charge in [-0.2, -0.15) is 0 Å². The van der Waals surface area contributed by atoms with Gasteiger partial charge in [0.05, 0.1) is 5.52 Å². The Hall–Kier alpha value is -2.99. The first-order valence-electron chi connectivity index (χ1n) is 10.9. The number of nitrogens with one attached hydrogen (secondary N) is 1. The average Bonchev–Trinajstić information content (AvgIpc) is 2.83. The van der Waals surface area contributed by atoms with Crippen molar-refractivity contribution in [2.45, 2.75) is 44.2 Å². The Labute approximate surface area is 191 Å². The van der Waals surface area contributed by atoms with Crippen molar-refractivity contribution < 1.29 is 14.0 Å². The summed E-state index contributed by atoms with van der Waals surface area (Å²) >= 11 is 5.94. The Morgan fingerprint density at radius 1 is 1.09 bits per heavy atom. The van der Waals surface area contributed by atoms with Crippen molar-refractivity contribution in [1.29, 1.82) is 0 Å². The number of halogens is 2. The lowest BCUT2D eigenvalue weighted by Gasteiger charge is -2.33. The van der Waals surface area contributed by atoms with Crippen LogP contribution < -0.4 is 10.2 Å². The van der Waals surface area contributed by atoms with Crippen LogP contribution in [0.15, 0.2) is 60.8 Å². The molecule has 1 N–H and O–H groups in total. The van der Waals surface area contributed by atoms with Crippen molar-refractivity contribution in [2.75, 3.05) is 10.8 Å². The zero-order valence-electron chi connectivity index (χ0n) is 17.6. The molecule has 1 atom stereocenters. The van der Waals surface area contributed by atoms with Crippen molar-refractivity contribution in [3.8, 4) is 0 Å².